The Morgan fingerprint density at radius 1 is 1.29 bits per heavy atom. The van der Waals surface area contributed by atoms with E-state index in [1.54, 1.807) is 13.0 Å². The number of likely N-dealkylation sites (tertiary alicyclic amines) is 1. The molecule has 1 aromatic rings. The summed E-state index contributed by atoms with van der Waals surface area (Å²) in [5.74, 6) is -0.0612. The van der Waals surface area contributed by atoms with Gasteiger partial charge >= 0.3 is 0 Å². The smallest absolute Gasteiger partial charge is 0.269 e. The van der Waals surface area contributed by atoms with Gasteiger partial charge in [0.05, 0.1) is 11.5 Å². The fraction of sp³-hybridized carbons (Fsp3) is 0.533. The highest BCUT2D eigenvalue weighted by Gasteiger charge is 2.14. The number of amides is 1. The van der Waals surface area contributed by atoms with Gasteiger partial charge in [-0.05, 0) is 44.5 Å². The van der Waals surface area contributed by atoms with Crippen LogP contribution in [0.5, 0.6) is 0 Å². The predicted octanol–water partition coefficient (Wildman–Crippen LogP) is 2.72. The molecular formula is C15H21N3O3. The van der Waals surface area contributed by atoms with Crippen molar-refractivity contribution in [3.63, 3.8) is 0 Å². The van der Waals surface area contributed by atoms with E-state index < -0.39 is 4.92 Å². The van der Waals surface area contributed by atoms with Gasteiger partial charge in [-0.15, -0.1) is 0 Å². The van der Waals surface area contributed by atoms with Crippen molar-refractivity contribution in [3.05, 3.63) is 33.9 Å². The highest BCUT2D eigenvalue weighted by Crippen LogP contribution is 2.21. The number of carbonyl (C=O) groups is 1. The molecule has 0 aromatic heterocycles. The van der Waals surface area contributed by atoms with E-state index in [-0.39, 0.29) is 11.6 Å². The first kappa shape index (κ1) is 15.4. The lowest BCUT2D eigenvalue weighted by Gasteiger charge is -2.19. The van der Waals surface area contributed by atoms with Gasteiger partial charge in [0.15, 0.2) is 0 Å². The number of hydrogen-bond acceptors (Lipinski definition) is 4. The standard InChI is InChI=1S/C15H21N3O3/c1-12-10-13(18(20)21)6-7-14(12)16-15(19)11-17-8-4-2-3-5-9-17/h6-7,10H,2-5,8-9,11H2,1H3,(H,16,19). The Morgan fingerprint density at radius 3 is 2.52 bits per heavy atom. The number of hydrogen-bond donors (Lipinski definition) is 1. The molecule has 1 aliphatic rings. The third kappa shape index (κ3) is 4.53. The van der Waals surface area contributed by atoms with Gasteiger partial charge in [0.25, 0.3) is 5.69 Å². The molecule has 0 atom stereocenters. The molecule has 6 heteroatoms. The first-order chi connectivity index (χ1) is 10.1. The third-order valence-corrected chi connectivity index (χ3v) is 3.76. The molecule has 0 spiro atoms. The number of nitrogens with one attached hydrogen (secondary N) is 1. The summed E-state index contributed by atoms with van der Waals surface area (Å²) in [5.41, 5.74) is 1.38. The van der Waals surface area contributed by atoms with E-state index in [9.17, 15) is 14.9 Å². The maximum Gasteiger partial charge on any atom is 0.269 e. The normalized spacial score (nSPS) is 16.2. The SMILES string of the molecule is Cc1cc([N+](=O)[O-])ccc1NC(=O)CN1CCCCCC1. The second kappa shape index (κ2) is 7.17. The lowest BCUT2D eigenvalue weighted by atomic mass is 10.2. The van der Waals surface area contributed by atoms with Crippen molar-refractivity contribution in [3.8, 4) is 0 Å². The zero-order valence-corrected chi connectivity index (χ0v) is 12.3. The molecule has 1 aliphatic heterocycles. The summed E-state index contributed by atoms with van der Waals surface area (Å²) in [4.78, 5) is 24.5. The Kier molecular flexibility index (Phi) is 5.27. The van der Waals surface area contributed by atoms with Crippen molar-refractivity contribution >= 4 is 17.3 Å². The van der Waals surface area contributed by atoms with Gasteiger partial charge in [-0.2, -0.15) is 0 Å². The monoisotopic (exact) mass is 291 g/mol. The van der Waals surface area contributed by atoms with Crippen LogP contribution in [0, 0.1) is 17.0 Å². The summed E-state index contributed by atoms with van der Waals surface area (Å²) < 4.78 is 0. The molecule has 2 rings (SSSR count). The van der Waals surface area contributed by atoms with Crippen molar-refractivity contribution in [2.45, 2.75) is 32.6 Å². The van der Waals surface area contributed by atoms with Crippen LogP contribution in [0.3, 0.4) is 0 Å². The van der Waals surface area contributed by atoms with E-state index in [2.05, 4.69) is 10.2 Å². The lowest BCUT2D eigenvalue weighted by molar-refractivity contribution is -0.384. The Labute approximate surface area is 124 Å². The van der Waals surface area contributed by atoms with Gasteiger partial charge in [-0.3, -0.25) is 19.8 Å². The highest BCUT2D eigenvalue weighted by molar-refractivity contribution is 5.93. The second-order valence-electron chi connectivity index (χ2n) is 5.49. The van der Waals surface area contributed by atoms with E-state index in [1.165, 1.54) is 25.0 Å². The number of carbonyl (C=O) groups excluding carboxylic acids is 1. The van der Waals surface area contributed by atoms with Crippen LogP contribution in [-0.4, -0.2) is 35.4 Å². The third-order valence-electron chi connectivity index (χ3n) is 3.76. The number of nitro groups is 1. The minimum absolute atomic E-state index is 0.0398. The largest absolute Gasteiger partial charge is 0.325 e. The lowest BCUT2D eigenvalue weighted by Crippen LogP contribution is -2.34. The van der Waals surface area contributed by atoms with Crippen LogP contribution in [0.1, 0.15) is 31.2 Å². The van der Waals surface area contributed by atoms with Crippen LogP contribution < -0.4 is 5.32 Å². The van der Waals surface area contributed by atoms with E-state index >= 15 is 0 Å². The van der Waals surface area contributed by atoms with Gasteiger partial charge in [0.1, 0.15) is 0 Å². The fourth-order valence-corrected chi connectivity index (χ4v) is 2.59. The zero-order valence-electron chi connectivity index (χ0n) is 12.3. The van der Waals surface area contributed by atoms with Gasteiger partial charge in [-0.1, -0.05) is 12.8 Å². The van der Waals surface area contributed by atoms with Crippen LogP contribution in [0.4, 0.5) is 11.4 Å². The molecule has 0 unspecified atom stereocenters. The topological polar surface area (TPSA) is 75.5 Å². The first-order valence-electron chi connectivity index (χ1n) is 7.33. The summed E-state index contributed by atoms with van der Waals surface area (Å²) in [6.07, 6.45) is 4.76. The van der Waals surface area contributed by atoms with Gasteiger partial charge in [-0.25, -0.2) is 0 Å². The van der Waals surface area contributed by atoms with Crippen LogP contribution in [0.15, 0.2) is 18.2 Å². The number of nitro benzene ring substituents is 1. The van der Waals surface area contributed by atoms with Crippen molar-refractivity contribution in [1.82, 2.24) is 4.90 Å². The summed E-state index contributed by atoms with van der Waals surface area (Å²) in [6, 6.07) is 4.48. The molecule has 1 saturated heterocycles. The summed E-state index contributed by atoms with van der Waals surface area (Å²) in [6.45, 7) is 4.07. The summed E-state index contributed by atoms with van der Waals surface area (Å²) in [5, 5.41) is 13.5. The Balaban J connectivity index is 1.94. The van der Waals surface area contributed by atoms with Crippen molar-refractivity contribution in [1.29, 1.82) is 0 Å². The number of anilines is 1. The van der Waals surface area contributed by atoms with Crippen molar-refractivity contribution in [2.75, 3.05) is 25.0 Å². The minimum Gasteiger partial charge on any atom is -0.325 e. The Hall–Kier alpha value is -1.95. The van der Waals surface area contributed by atoms with E-state index in [0.717, 1.165) is 25.9 Å². The summed E-state index contributed by atoms with van der Waals surface area (Å²) >= 11 is 0. The van der Waals surface area contributed by atoms with Crippen LogP contribution in [0.2, 0.25) is 0 Å². The van der Waals surface area contributed by atoms with Crippen molar-refractivity contribution < 1.29 is 9.72 Å². The number of aryl methyl sites for hydroxylation is 1. The molecule has 1 aromatic carbocycles. The molecule has 1 fully saturated rings. The molecule has 114 valence electrons. The Morgan fingerprint density at radius 2 is 1.95 bits per heavy atom. The molecule has 0 radical (unpaired) electrons. The second-order valence-corrected chi connectivity index (χ2v) is 5.49. The van der Waals surface area contributed by atoms with Gasteiger partial charge < -0.3 is 5.32 Å². The minimum atomic E-state index is -0.435. The number of nitrogens with zero attached hydrogens (tertiary/aromatic N) is 2. The van der Waals surface area contributed by atoms with Crippen LogP contribution in [0.25, 0.3) is 0 Å². The number of rotatable bonds is 4. The quantitative estimate of drug-likeness (QED) is 0.683. The highest BCUT2D eigenvalue weighted by atomic mass is 16.6. The molecule has 1 N–H and O–H groups in total. The van der Waals surface area contributed by atoms with Crippen LogP contribution in [-0.2, 0) is 4.79 Å². The Bertz CT molecular complexity index is 523. The molecule has 0 saturated carbocycles. The van der Waals surface area contributed by atoms with Gasteiger partial charge in [0.2, 0.25) is 5.91 Å². The summed E-state index contributed by atoms with van der Waals surface area (Å²) in [7, 11) is 0. The molecule has 21 heavy (non-hydrogen) atoms. The van der Waals surface area contributed by atoms with Crippen LogP contribution >= 0.6 is 0 Å². The maximum atomic E-state index is 12.1. The van der Waals surface area contributed by atoms with Crippen molar-refractivity contribution in [2.24, 2.45) is 0 Å². The molecule has 6 nitrogen and oxygen atoms in total. The maximum absolute atomic E-state index is 12.1. The van der Waals surface area contributed by atoms with E-state index in [1.807, 2.05) is 0 Å². The zero-order chi connectivity index (χ0) is 15.2. The number of non-ortho nitro benzene ring substituents is 1. The number of benzene rings is 1. The average molecular weight is 291 g/mol. The van der Waals surface area contributed by atoms with E-state index in [0.29, 0.717) is 17.8 Å². The molecule has 1 heterocycles. The van der Waals surface area contributed by atoms with Gasteiger partial charge in [0, 0.05) is 17.8 Å². The first-order valence-corrected chi connectivity index (χ1v) is 7.33. The van der Waals surface area contributed by atoms with E-state index in [4.69, 9.17) is 0 Å². The predicted molar refractivity (Wildman–Crippen MR) is 81.4 cm³/mol. The molecule has 1 amide bonds. The molecule has 0 aliphatic carbocycles. The molecule has 0 bridgehead atoms. The fourth-order valence-electron chi connectivity index (χ4n) is 2.59. The average Bonchev–Trinajstić information content (AvgIpc) is 2.69. The molecular weight excluding hydrogens is 270 g/mol.